The first kappa shape index (κ1) is 17.1. The number of rotatable bonds is 4. The number of nitrogens with zero attached hydrogens (tertiary/aromatic N) is 2. The zero-order chi connectivity index (χ0) is 18.4. The molecule has 11 heteroatoms. The van der Waals surface area contributed by atoms with E-state index >= 15 is 0 Å². The highest BCUT2D eigenvalue weighted by Crippen LogP contribution is 2.27. The fourth-order valence-electron chi connectivity index (χ4n) is 2.16. The van der Waals surface area contributed by atoms with Crippen molar-refractivity contribution in [2.45, 2.75) is 18.2 Å². The summed E-state index contributed by atoms with van der Waals surface area (Å²) in [7, 11) is -4.34. The number of halogens is 4. The van der Waals surface area contributed by atoms with Crippen LogP contribution in [0.1, 0.15) is 17.8 Å². The van der Waals surface area contributed by atoms with E-state index in [0.717, 1.165) is 18.3 Å². The molecule has 0 bridgehead atoms. The molecule has 0 atom stereocenters. The molecule has 0 aromatic carbocycles. The lowest BCUT2D eigenvalue weighted by atomic mass is 10.3. The van der Waals surface area contributed by atoms with E-state index in [0.29, 0.717) is 6.07 Å². The maximum absolute atomic E-state index is 13.7. The minimum atomic E-state index is -4.34. The van der Waals surface area contributed by atoms with Gasteiger partial charge in [-0.05, 0) is 19.1 Å². The van der Waals surface area contributed by atoms with Gasteiger partial charge in [-0.1, -0.05) is 0 Å². The number of hydrogen-bond donors (Lipinski definition) is 2. The lowest BCUT2D eigenvalue weighted by Crippen LogP contribution is -2.15. The van der Waals surface area contributed by atoms with Gasteiger partial charge in [0.05, 0.1) is 5.69 Å². The Morgan fingerprint density at radius 1 is 1.20 bits per heavy atom. The van der Waals surface area contributed by atoms with Gasteiger partial charge < -0.3 is 4.98 Å². The van der Waals surface area contributed by atoms with E-state index in [1.165, 1.54) is 6.92 Å². The van der Waals surface area contributed by atoms with Crippen molar-refractivity contribution >= 4 is 26.7 Å². The molecule has 2 N–H and O–H groups in total. The molecule has 0 saturated carbocycles. The van der Waals surface area contributed by atoms with Gasteiger partial charge in [-0.3, -0.25) is 4.72 Å². The van der Waals surface area contributed by atoms with Crippen LogP contribution < -0.4 is 4.72 Å². The average molecular weight is 374 g/mol. The van der Waals surface area contributed by atoms with Crippen molar-refractivity contribution in [3.05, 3.63) is 47.5 Å². The third-order valence-corrected chi connectivity index (χ3v) is 4.79. The van der Waals surface area contributed by atoms with Crippen LogP contribution in [0.3, 0.4) is 0 Å². The minimum Gasteiger partial charge on any atom is -0.345 e. The number of anilines is 1. The van der Waals surface area contributed by atoms with Crippen LogP contribution in [0.5, 0.6) is 0 Å². The zero-order valence-electron chi connectivity index (χ0n) is 12.5. The lowest BCUT2D eigenvalue weighted by molar-refractivity contribution is 0.146. The smallest absolute Gasteiger partial charge is 0.280 e. The maximum Gasteiger partial charge on any atom is 0.280 e. The van der Waals surface area contributed by atoms with Gasteiger partial charge in [0.15, 0.2) is 0 Å². The summed E-state index contributed by atoms with van der Waals surface area (Å²) in [5.41, 5.74) is -1.50. The molecule has 0 amide bonds. The predicted molar refractivity (Wildman–Crippen MR) is 80.7 cm³/mol. The van der Waals surface area contributed by atoms with Crippen molar-refractivity contribution in [1.82, 2.24) is 15.0 Å². The molecule has 25 heavy (non-hydrogen) atoms. The van der Waals surface area contributed by atoms with E-state index in [2.05, 4.69) is 15.0 Å². The normalized spacial score (nSPS) is 12.1. The Kier molecular flexibility index (Phi) is 4.11. The Morgan fingerprint density at radius 2 is 1.92 bits per heavy atom. The summed E-state index contributed by atoms with van der Waals surface area (Å²) in [6.45, 7) is 1.22. The van der Waals surface area contributed by atoms with E-state index in [-0.39, 0.29) is 21.6 Å². The highest BCUT2D eigenvalue weighted by Gasteiger charge is 2.23. The second-order valence-electron chi connectivity index (χ2n) is 5.09. The van der Waals surface area contributed by atoms with Gasteiger partial charge in [-0.15, -0.1) is 0 Å². The van der Waals surface area contributed by atoms with Gasteiger partial charge in [0.2, 0.25) is 5.95 Å². The topological polar surface area (TPSA) is 87.7 Å². The number of fused-ring (bicyclic) bond motifs is 1. The number of H-pyrrole nitrogens is 1. The van der Waals surface area contributed by atoms with Crippen LogP contribution in [0.4, 0.5) is 23.2 Å². The molecule has 3 rings (SSSR count). The van der Waals surface area contributed by atoms with Crippen LogP contribution in [0.2, 0.25) is 0 Å². The summed E-state index contributed by atoms with van der Waals surface area (Å²) in [5, 5.41) is 0.0258. The summed E-state index contributed by atoms with van der Waals surface area (Å²) in [6.07, 6.45) is -1.80. The molecule has 0 aliphatic carbocycles. The summed E-state index contributed by atoms with van der Waals surface area (Å²) in [4.78, 5) is 8.99. The molecule has 132 valence electrons. The Bertz CT molecular complexity index is 1070. The van der Waals surface area contributed by atoms with Crippen molar-refractivity contribution in [2.75, 3.05) is 4.72 Å². The van der Waals surface area contributed by atoms with E-state index in [4.69, 9.17) is 0 Å². The minimum absolute atomic E-state index is 0.0258. The van der Waals surface area contributed by atoms with Gasteiger partial charge in [-0.2, -0.15) is 4.39 Å². The van der Waals surface area contributed by atoms with Gasteiger partial charge >= 0.3 is 0 Å². The second-order valence-corrected chi connectivity index (χ2v) is 6.74. The van der Waals surface area contributed by atoms with E-state index in [9.17, 15) is 26.0 Å². The number of aromatic nitrogens is 3. The quantitative estimate of drug-likeness (QED) is 0.542. The highest BCUT2D eigenvalue weighted by atomic mass is 32.2. The number of aryl methyl sites for hydroxylation is 1. The standard InChI is InChI=1S/C14H10F4N4O2S/c1-6-8(15)4-10(13(18)20-6)22-25(23,24)11-5-19-14-7(11)2-3-9(21-14)12(16)17/h2-5,12,22H,1H3,(H,19,21). The predicted octanol–water partition coefficient (Wildman–Crippen LogP) is 3.28. The number of alkyl halides is 2. The van der Waals surface area contributed by atoms with Crippen LogP contribution in [0.15, 0.2) is 29.3 Å². The van der Waals surface area contributed by atoms with E-state index < -0.39 is 39.6 Å². The van der Waals surface area contributed by atoms with Crippen molar-refractivity contribution in [3.8, 4) is 0 Å². The number of pyridine rings is 2. The average Bonchev–Trinajstić information content (AvgIpc) is 2.96. The van der Waals surface area contributed by atoms with Crippen molar-refractivity contribution in [3.63, 3.8) is 0 Å². The van der Waals surface area contributed by atoms with Crippen LogP contribution in [0, 0.1) is 18.7 Å². The van der Waals surface area contributed by atoms with Crippen LogP contribution in [0.25, 0.3) is 11.0 Å². The SMILES string of the molecule is Cc1nc(F)c(NS(=O)(=O)c2c[nH]c3nc(C(F)F)ccc23)cc1F. The number of aromatic amines is 1. The largest absolute Gasteiger partial charge is 0.345 e. The Hall–Kier alpha value is -2.69. The van der Waals surface area contributed by atoms with Crippen molar-refractivity contribution in [1.29, 1.82) is 0 Å². The van der Waals surface area contributed by atoms with Crippen LogP contribution >= 0.6 is 0 Å². The summed E-state index contributed by atoms with van der Waals surface area (Å²) < 4.78 is 79.3. The van der Waals surface area contributed by atoms with E-state index in [1.54, 1.807) is 0 Å². The maximum atomic E-state index is 13.7. The molecule has 3 heterocycles. The molecule has 0 spiro atoms. The Balaban J connectivity index is 2.03. The molecule has 0 radical (unpaired) electrons. The molecule has 3 aromatic rings. The first-order valence-electron chi connectivity index (χ1n) is 6.80. The summed E-state index contributed by atoms with van der Waals surface area (Å²) in [6, 6.07) is 2.80. The van der Waals surface area contributed by atoms with Gasteiger partial charge in [0, 0.05) is 17.6 Å². The zero-order valence-corrected chi connectivity index (χ0v) is 13.3. The monoisotopic (exact) mass is 374 g/mol. The summed E-state index contributed by atoms with van der Waals surface area (Å²) >= 11 is 0. The Morgan fingerprint density at radius 3 is 2.60 bits per heavy atom. The summed E-state index contributed by atoms with van der Waals surface area (Å²) in [5.74, 6) is -2.08. The van der Waals surface area contributed by atoms with Gasteiger partial charge in [0.25, 0.3) is 16.4 Å². The van der Waals surface area contributed by atoms with Crippen molar-refractivity contribution in [2.24, 2.45) is 0 Å². The van der Waals surface area contributed by atoms with Crippen LogP contribution in [-0.2, 0) is 10.0 Å². The first-order valence-corrected chi connectivity index (χ1v) is 8.29. The van der Waals surface area contributed by atoms with Crippen LogP contribution in [-0.4, -0.2) is 23.4 Å². The molecule has 6 nitrogen and oxygen atoms in total. The lowest BCUT2D eigenvalue weighted by Gasteiger charge is -2.09. The van der Waals surface area contributed by atoms with E-state index in [1.807, 2.05) is 4.72 Å². The molecule has 0 unspecified atom stereocenters. The molecule has 0 aliphatic rings. The van der Waals surface area contributed by atoms with Gasteiger partial charge in [0.1, 0.15) is 27.7 Å². The molecule has 0 aliphatic heterocycles. The third kappa shape index (κ3) is 3.14. The molecule has 0 fully saturated rings. The Labute approximate surface area is 139 Å². The third-order valence-electron chi connectivity index (χ3n) is 3.38. The molecular weight excluding hydrogens is 364 g/mol. The fourth-order valence-corrected chi connectivity index (χ4v) is 3.37. The molecule has 0 saturated heterocycles. The van der Waals surface area contributed by atoms with Gasteiger partial charge in [-0.25, -0.2) is 31.6 Å². The number of sulfonamides is 1. The number of nitrogens with one attached hydrogen (secondary N) is 2. The molecule has 3 aromatic heterocycles. The van der Waals surface area contributed by atoms with Crippen molar-refractivity contribution < 1.29 is 26.0 Å². The fraction of sp³-hybridized carbons (Fsp3) is 0.143. The highest BCUT2D eigenvalue weighted by molar-refractivity contribution is 7.93. The molecular formula is C14H10F4N4O2S. The number of hydrogen-bond acceptors (Lipinski definition) is 4. The first-order chi connectivity index (χ1) is 11.7. The second kappa shape index (κ2) is 5.99.